The van der Waals surface area contributed by atoms with E-state index in [2.05, 4.69) is 47.1 Å². The Kier molecular flexibility index (Phi) is 10.1. The SMILES string of the molecule is C=C[C@@H]1C[C@]1(NC(=O)[C@@H]1C[C@@H]2CN1C(=O)[C@H](C1CCCC1)NC(C)CCCC/C=C/c1cccc3c1CN(C3)C(=O)O2)C(=O)NS(=O)(=O)C1CC1. The van der Waals surface area contributed by atoms with Gasteiger partial charge in [0.2, 0.25) is 21.8 Å². The molecule has 12 nitrogen and oxygen atoms in total. The fraction of sp³-hybridized carbons (Fsp3) is 0.632. The number of nitrogens with one attached hydrogen (secondary N) is 3. The van der Waals surface area contributed by atoms with Gasteiger partial charge in [0.25, 0.3) is 5.91 Å². The van der Waals surface area contributed by atoms with Crippen LogP contribution >= 0.6 is 0 Å². The zero-order valence-corrected chi connectivity index (χ0v) is 30.3. The van der Waals surface area contributed by atoms with Gasteiger partial charge in [-0.25, -0.2) is 13.2 Å². The van der Waals surface area contributed by atoms with Crippen molar-refractivity contribution in [1.82, 2.24) is 25.2 Å². The van der Waals surface area contributed by atoms with Crippen LogP contribution in [0.2, 0.25) is 0 Å². The molecule has 6 aliphatic rings. The molecular formula is C38H51N5O7S. The summed E-state index contributed by atoms with van der Waals surface area (Å²) in [5, 5.41) is 5.89. The molecule has 1 aromatic carbocycles. The molecule has 0 radical (unpaired) electrons. The third kappa shape index (κ3) is 7.46. The lowest BCUT2D eigenvalue weighted by molar-refractivity contribution is -0.142. The molecule has 3 heterocycles. The zero-order valence-electron chi connectivity index (χ0n) is 29.5. The van der Waals surface area contributed by atoms with Crippen molar-refractivity contribution in [3.8, 4) is 0 Å². The molecule has 1 unspecified atom stereocenters. The molecule has 3 saturated carbocycles. The fourth-order valence-electron chi connectivity index (χ4n) is 8.54. The van der Waals surface area contributed by atoms with Crippen molar-refractivity contribution in [2.75, 3.05) is 6.54 Å². The topological polar surface area (TPSA) is 154 Å². The molecule has 6 atom stereocenters. The van der Waals surface area contributed by atoms with Crippen molar-refractivity contribution in [3.63, 3.8) is 0 Å². The van der Waals surface area contributed by atoms with Gasteiger partial charge in [-0.15, -0.1) is 6.58 Å². The number of ether oxygens (including phenoxy) is 1. The van der Waals surface area contributed by atoms with E-state index in [9.17, 15) is 27.6 Å². The first-order chi connectivity index (χ1) is 24.5. The monoisotopic (exact) mass is 721 g/mol. The summed E-state index contributed by atoms with van der Waals surface area (Å²) >= 11 is 0. The van der Waals surface area contributed by atoms with E-state index in [0.29, 0.717) is 25.9 Å². The minimum atomic E-state index is -3.85. The number of fused-ring (bicyclic) bond motifs is 3. The van der Waals surface area contributed by atoms with Crippen molar-refractivity contribution < 1.29 is 32.3 Å². The molecule has 4 bridgehead atoms. The maximum Gasteiger partial charge on any atom is 0.410 e. The Morgan fingerprint density at radius 1 is 1.06 bits per heavy atom. The molecule has 0 aromatic heterocycles. The summed E-state index contributed by atoms with van der Waals surface area (Å²) in [4.78, 5) is 59.2. The van der Waals surface area contributed by atoms with E-state index in [1.807, 2.05) is 12.1 Å². The first-order valence-electron chi connectivity index (χ1n) is 18.8. The van der Waals surface area contributed by atoms with E-state index in [-0.39, 0.29) is 37.3 Å². The number of hydrogen-bond acceptors (Lipinski definition) is 8. The maximum atomic E-state index is 14.7. The van der Waals surface area contributed by atoms with Crippen LogP contribution in [0.15, 0.2) is 36.9 Å². The third-order valence-corrected chi connectivity index (χ3v) is 13.6. The summed E-state index contributed by atoms with van der Waals surface area (Å²) in [5.74, 6) is -1.93. The van der Waals surface area contributed by atoms with Crippen LogP contribution in [-0.4, -0.2) is 83.6 Å². The van der Waals surface area contributed by atoms with Gasteiger partial charge in [-0.1, -0.05) is 55.7 Å². The van der Waals surface area contributed by atoms with Gasteiger partial charge in [0.05, 0.1) is 24.4 Å². The van der Waals surface area contributed by atoms with E-state index < -0.39 is 62.8 Å². The molecule has 4 fully saturated rings. The number of amides is 4. The van der Waals surface area contributed by atoms with Crippen molar-refractivity contribution >= 4 is 39.9 Å². The molecule has 4 amide bonds. The highest BCUT2D eigenvalue weighted by Crippen LogP contribution is 2.45. The first kappa shape index (κ1) is 35.7. The highest BCUT2D eigenvalue weighted by Gasteiger charge is 2.62. The van der Waals surface area contributed by atoms with Crippen LogP contribution < -0.4 is 15.4 Å². The lowest BCUT2D eigenvalue weighted by Gasteiger charge is -2.33. The minimum Gasteiger partial charge on any atom is -0.444 e. The van der Waals surface area contributed by atoms with Gasteiger partial charge in [0, 0.05) is 24.9 Å². The Hall–Kier alpha value is -3.71. The Balaban J connectivity index is 1.15. The number of carbonyl (C=O) groups excluding carboxylic acids is 4. The predicted molar refractivity (Wildman–Crippen MR) is 191 cm³/mol. The smallest absolute Gasteiger partial charge is 0.410 e. The van der Waals surface area contributed by atoms with Crippen molar-refractivity contribution in [3.05, 3.63) is 53.6 Å². The van der Waals surface area contributed by atoms with Crippen molar-refractivity contribution in [2.24, 2.45) is 11.8 Å². The number of nitrogens with zero attached hydrogens (tertiary/aromatic N) is 2. The molecule has 13 heteroatoms. The fourth-order valence-corrected chi connectivity index (χ4v) is 9.90. The Morgan fingerprint density at radius 3 is 2.55 bits per heavy atom. The van der Waals surface area contributed by atoms with E-state index in [1.165, 1.54) is 4.90 Å². The van der Waals surface area contributed by atoms with E-state index in [0.717, 1.165) is 68.1 Å². The summed E-state index contributed by atoms with van der Waals surface area (Å²) in [7, 11) is -3.85. The molecule has 3 aliphatic carbocycles. The minimum absolute atomic E-state index is 0.0386. The van der Waals surface area contributed by atoms with Crippen LogP contribution in [0.5, 0.6) is 0 Å². The molecule has 3 aliphatic heterocycles. The largest absolute Gasteiger partial charge is 0.444 e. The van der Waals surface area contributed by atoms with Crippen molar-refractivity contribution in [1.29, 1.82) is 0 Å². The van der Waals surface area contributed by atoms with Gasteiger partial charge < -0.3 is 20.3 Å². The second kappa shape index (κ2) is 14.4. The van der Waals surface area contributed by atoms with Gasteiger partial charge in [-0.2, -0.15) is 0 Å². The number of sulfonamides is 1. The summed E-state index contributed by atoms with van der Waals surface area (Å²) < 4.78 is 33.6. The van der Waals surface area contributed by atoms with Gasteiger partial charge in [-0.3, -0.25) is 24.0 Å². The van der Waals surface area contributed by atoms with Gasteiger partial charge in [-0.05, 0) is 80.9 Å². The second-order valence-electron chi connectivity index (χ2n) is 15.5. The molecule has 276 valence electrons. The van der Waals surface area contributed by atoms with Crippen LogP contribution in [0.25, 0.3) is 6.08 Å². The third-order valence-electron chi connectivity index (χ3n) is 11.8. The van der Waals surface area contributed by atoms with Crippen LogP contribution in [0.3, 0.4) is 0 Å². The molecule has 7 rings (SSSR count). The maximum absolute atomic E-state index is 14.7. The van der Waals surface area contributed by atoms with Crippen LogP contribution in [0, 0.1) is 11.8 Å². The first-order valence-corrected chi connectivity index (χ1v) is 20.3. The normalized spacial score (nSPS) is 32.4. The van der Waals surface area contributed by atoms with E-state index in [4.69, 9.17) is 4.74 Å². The standard InChI is InChI=1S/C38H51N5O7S/c1-3-28-20-38(28,36(46)41-51(48,49)30-17-18-30)40-34(44)32-19-29-22-43(32)35(45)33(26-13-8-9-14-26)39-24(2)11-6-4-5-7-12-25-15-10-16-27-21-42(23-31(25)27)37(47)50-29/h3,7,10,12,15-16,24,26,28-30,32-33,39H,1,4-6,8-9,11,13-14,17-23H2,2H3,(H,40,44)(H,41,46)/b12-7+/t24?,28-,29-,32+,33+,38-/m1/s1. The number of carbonyl (C=O) groups is 4. The Labute approximate surface area is 300 Å². The summed E-state index contributed by atoms with van der Waals surface area (Å²) in [6.07, 6.45) is 13.6. The summed E-state index contributed by atoms with van der Waals surface area (Å²) in [6, 6.07) is 4.62. The van der Waals surface area contributed by atoms with Crippen LogP contribution in [0.1, 0.15) is 101 Å². The lowest BCUT2D eigenvalue weighted by atomic mass is 9.94. The van der Waals surface area contributed by atoms with E-state index in [1.54, 1.807) is 11.0 Å². The molecule has 1 saturated heterocycles. The summed E-state index contributed by atoms with van der Waals surface area (Å²) in [5.41, 5.74) is 1.76. The average molecular weight is 722 g/mol. The number of benzene rings is 1. The molecule has 0 spiro atoms. The van der Waals surface area contributed by atoms with Gasteiger partial charge in [0.1, 0.15) is 17.7 Å². The van der Waals surface area contributed by atoms with Gasteiger partial charge in [0.15, 0.2) is 0 Å². The second-order valence-corrected chi connectivity index (χ2v) is 17.5. The molecular weight excluding hydrogens is 671 g/mol. The van der Waals surface area contributed by atoms with Crippen LogP contribution in [0.4, 0.5) is 4.79 Å². The quantitative estimate of drug-likeness (QED) is 0.359. The highest BCUT2D eigenvalue weighted by atomic mass is 32.2. The van der Waals surface area contributed by atoms with Crippen molar-refractivity contribution in [2.45, 2.75) is 132 Å². The number of rotatable bonds is 7. The molecule has 3 N–H and O–H groups in total. The highest BCUT2D eigenvalue weighted by molar-refractivity contribution is 7.91. The number of hydrogen-bond donors (Lipinski definition) is 3. The zero-order chi connectivity index (χ0) is 35.9. The Bertz CT molecular complexity index is 1700. The molecule has 51 heavy (non-hydrogen) atoms. The average Bonchev–Trinajstić information content (AvgIpc) is 3.88. The predicted octanol–water partition coefficient (Wildman–Crippen LogP) is 3.90. The number of allylic oxidation sites excluding steroid dienone is 1. The Morgan fingerprint density at radius 2 is 1.82 bits per heavy atom. The molecule has 1 aromatic rings. The van der Waals surface area contributed by atoms with Gasteiger partial charge >= 0.3 is 6.09 Å². The lowest BCUT2D eigenvalue weighted by Crippen LogP contribution is -2.59. The summed E-state index contributed by atoms with van der Waals surface area (Å²) in [6.45, 7) is 6.76. The van der Waals surface area contributed by atoms with E-state index >= 15 is 0 Å². The van der Waals surface area contributed by atoms with Crippen LogP contribution in [-0.2, 0) is 42.2 Å².